The van der Waals surface area contributed by atoms with Crippen molar-refractivity contribution in [3.63, 3.8) is 0 Å². The second-order valence-corrected chi connectivity index (χ2v) is 3.10. The molecule has 76 valence electrons. The van der Waals surface area contributed by atoms with E-state index < -0.39 is 18.0 Å². The van der Waals surface area contributed by atoms with Crippen LogP contribution in [0.15, 0.2) is 0 Å². The molecule has 0 aromatic heterocycles. The summed E-state index contributed by atoms with van der Waals surface area (Å²) in [6.45, 7) is 0. The molecule has 0 aliphatic heterocycles. The number of rotatable bonds is 6. The van der Waals surface area contributed by atoms with Gasteiger partial charge in [-0.2, -0.15) is 0 Å². The summed E-state index contributed by atoms with van der Waals surface area (Å²) in [4.78, 5) is 22.4. The smallest absolute Gasteiger partial charge is 0.320 e. The van der Waals surface area contributed by atoms with Gasteiger partial charge in [0.25, 0.3) is 0 Å². The fourth-order valence-corrected chi connectivity index (χ4v) is 1.05. The summed E-state index contributed by atoms with van der Waals surface area (Å²) in [6, 6.07) is -0.584. The molecule has 0 rings (SSSR count). The lowest BCUT2D eigenvalue weighted by atomic mass is 10.1. The average Bonchev–Trinajstić information content (AvgIpc) is 1.95. The summed E-state index contributed by atoms with van der Waals surface area (Å²) in [5.41, 5.74) is 0. The third-order valence-electron chi connectivity index (χ3n) is 1.78. The maximum atomic E-state index is 10.6. The van der Waals surface area contributed by atoms with Gasteiger partial charge in [-0.1, -0.05) is 0 Å². The van der Waals surface area contributed by atoms with Gasteiger partial charge >= 0.3 is 11.9 Å². The molecule has 0 heterocycles. The summed E-state index contributed by atoms with van der Waals surface area (Å²) < 4.78 is 0. The van der Waals surface area contributed by atoms with Gasteiger partial charge in [-0.05, 0) is 26.9 Å². The molecule has 0 spiro atoms. The summed E-state index contributed by atoms with van der Waals surface area (Å²) >= 11 is 0. The molecule has 0 aromatic rings. The van der Waals surface area contributed by atoms with E-state index in [2.05, 4.69) is 0 Å². The van der Waals surface area contributed by atoms with Crippen LogP contribution in [0.2, 0.25) is 0 Å². The highest BCUT2D eigenvalue weighted by atomic mass is 16.4. The monoisotopic (exact) mass is 189 g/mol. The number of nitrogens with zero attached hydrogens (tertiary/aromatic N) is 1. The van der Waals surface area contributed by atoms with Crippen molar-refractivity contribution < 1.29 is 19.8 Å². The summed E-state index contributed by atoms with van der Waals surface area (Å²) in [5.74, 6) is -1.79. The Morgan fingerprint density at radius 1 is 1.31 bits per heavy atom. The third-order valence-corrected chi connectivity index (χ3v) is 1.78. The molecule has 2 N–H and O–H groups in total. The number of aliphatic carboxylic acids is 2. The Kier molecular flexibility index (Phi) is 5.06. The van der Waals surface area contributed by atoms with Crippen LogP contribution >= 0.6 is 0 Å². The molecule has 0 saturated heterocycles. The van der Waals surface area contributed by atoms with Gasteiger partial charge in [-0.25, -0.2) is 0 Å². The second-order valence-electron chi connectivity index (χ2n) is 3.10. The molecular weight excluding hydrogens is 174 g/mol. The molecule has 0 aliphatic carbocycles. The quantitative estimate of drug-likeness (QED) is 0.626. The zero-order chi connectivity index (χ0) is 10.4. The van der Waals surface area contributed by atoms with Crippen LogP contribution in [0.4, 0.5) is 0 Å². The van der Waals surface area contributed by atoms with Crippen LogP contribution in [-0.2, 0) is 9.59 Å². The normalized spacial score (nSPS) is 12.8. The standard InChI is InChI=1S/C8H15NO4/c1-9(2)6(8(12)13)4-3-5-7(10)11/h6H,3-5H2,1-2H3,(H,10,11)(H,12,13). The molecule has 0 bridgehead atoms. The van der Waals surface area contributed by atoms with E-state index in [4.69, 9.17) is 10.2 Å². The predicted octanol–water partition coefficient (Wildman–Crippen LogP) is 0.256. The fraction of sp³-hybridized carbons (Fsp3) is 0.750. The van der Waals surface area contributed by atoms with Crippen LogP contribution in [0.1, 0.15) is 19.3 Å². The lowest BCUT2D eigenvalue weighted by molar-refractivity contribution is -0.143. The second kappa shape index (κ2) is 5.53. The van der Waals surface area contributed by atoms with E-state index in [1.54, 1.807) is 19.0 Å². The Labute approximate surface area is 77.0 Å². The lowest BCUT2D eigenvalue weighted by Crippen LogP contribution is -2.35. The maximum Gasteiger partial charge on any atom is 0.320 e. The molecule has 5 nitrogen and oxygen atoms in total. The first-order chi connectivity index (χ1) is 5.95. The van der Waals surface area contributed by atoms with E-state index in [-0.39, 0.29) is 6.42 Å². The van der Waals surface area contributed by atoms with Crippen LogP contribution in [0.25, 0.3) is 0 Å². The topological polar surface area (TPSA) is 77.8 Å². The van der Waals surface area contributed by atoms with Gasteiger partial charge in [0.1, 0.15) is 6.04 Å². The van der Waals surface area contributed by atoms with E-state index in [0.29, 0.717) is 12.8 Å². The predicted molar refractivity (Wildman–Crippen MR) is 46.6 cm³/mol. The molecule has 0 fully saturated rings. The molecular formula is C8H15NO4. The van der Waals surface area contributed by atoms with E-state index in [1.165, 1.54) is 0 Å². The summed E-state index contributed by atoms with van der Waals surface area (Å²) in [7, 11) is 3.33. The minimum absolute atomic E-state index is 0.0254. The Balaban J connectivity index is 3.84. The number of carboxylic acid groups (broad SMARTS) is 2. The largest absolute Gasteiger partial charge is 0.481 e. The number of carboxylic acids is 2. The van der Waals surface area contributed by atoms with Crippen molar-refractivity contribution in [2.45, 2.75) is 25.3 Å². The molecule has 0 saturated carbocycles. The van der Waals surface area contributed by atoms with Crippen molar-refractivity contribution in [1.29, 1.82) is 0 Å². The summed E-state index contributed by atoms with van der Waals surface area (Å²) in [6.07, 6.45) is 0.788. The van der Waals surface area contributed by atoms with Gasteiger partial charge in [0.05, 0.1) is 0 Å². The Morgan fingerprint density at radius 2 is 1.85 bits per heavy atom. The Morgan fingerprint density at radius 3 is 2.15 bits per heavy atom. The zero-order valence-electron chi connectivity index (χ0n) is 7.86. The molecule has 1 atom stereocenters. The van der Waals surface area contributed by atoms with Crippen molar-refractivity contribution >= 4 is 11.9 Å². The van der Waals surface area contributed by atoms with Gasteiger partial charge in [0.2, 0.25) is 0 Å². The van der Waals surface area contributed by atoms with Crippen molar-refractivity contribution in [3.05, 3.63) is 0 Å². The summed E-state index contributed by atoms with van der Waals surface area (Å²) in [5, 5.41) is 17.1. The minimum Gasteiger partial charge on any atom is -0.481 e. The highest BCUT2D eigenvalue weighted by Gasteiger charge is 2.19. The first-order valence-corrected chi connectivity index (χ1v) is 4.06. The molecule has 0 radical (unpaired) electrons. The molecule has 0 amide bonds. The van der Waals surface area contributed by atoms with Crippen molar-refractivity contribution in [1.82, 2.24) is 4.90 Å². The fourth-order valence-electron chi connectivity index (χ4n) is 1.05. The van der Waals surface area contributed by atoms with Crippen molar-refractivity contribution in [2.75, 3.05) is 14.1 Å². The van der Waals surface area contributed by atoms with Crippen LogP contribution in [0.3, 0.4) is 0 Å². The molecule has 0 aliphatic rings. The molecule has 5 heteroatoms. The first-order valence-electron chi connectivity index (χ1n) is 4.06. The van der Waals surface area contributed by atoms with Gasteiger partial charge < -0.3 is 10.2 Å². The first kappa shape index (κ1) is 11.9. The third kappa shape index (κ3) is 5.19. The highest BCUT2D eigenvalue weighted by Crippen LogP contribution is 2.05. The van der Waals surface area contributed by atoms with E-state index in [9.17, 15) is 9.59 Å². The highest BCUT2D eigenvalue weighted by molar-refractivity contribution is 5.73. The molecule has 13 heavy (non-hydrogen) atoms. The van der Waals surface area contributed by atoms with Gasteiger partial charge in [-0.15, -0.1) is 0 Å². The van der Waals surface area contributed by atoms with Crippen LogP contribution in [-0.4, -0.2) is 47.2 Å². The number of likely N-dealkylation sites (N-methyl/N-ethyl adjacent to an activating group) is 1. The Hall–Kier alpha value is -1.10. The number of carbonyl (C=O) groups is 2. The SMILES string of the molecule is CN(C)C(CCCC(=O)O)C(=O)O. The van der Waals surface area contributed by atoms with E-state index >= 15 is 0 Å². The number of hydrogen-bond acceptors (Lipinski definition) is 3. The van der Waals surface area contributed by atoms with E-state index in [0.717, 1.165) is 0 Å². The van der Waals surface area contributed by atoms with Gasteiger partial charge in [0.15, 0.2) is 0 Å². The van der Waals surface area contributed by atoms with Crippen molar-refractivity contribution in [2.24, 2.45) is 0 Å². The van der Waals surface area contributed by atoms with Crippen molar-refractivity contribution in [3.8, 4) is 0 Å². The lowest BCUT2D eigenvalue weighted by Gasteiger charge is -2.19. The van der Waals surface area contributed by atoms with E-state index in [1.807, 2.05) is 0 Å². The average molecular weight is 189 g/mol. The van der Waals surface area contributed by atoms with Crippen LogP contribution < -0.4 is 0 Å². The van der Waals surface area contributed by atoms with Gasteiger partial charge in [0, 0.05) is 6.42 Å². The zero-order valence-corrected chi connectivity index (χ0v) is 7.86. The van der Waals surface area contributed by atoms with Gasteiger partial charge in [-0.3, -0.25) is 14.5 Å². The molecule has 1 unspecified atom stereocenters. The molecule has 0 aromatic carbocycles. The number of hydrogen-bond donors (Lipinski definition) is 2. The minimum atomic E-state index is -0.907. The maximum absolute atomic E-state index is 10.6. The van der Waals surface area contributed by atoms with Crippen LogP contribution in [0, 0.1) is 0 Å². The Bertz CT molecular complexity index is 191. The van der Waals surface area contributed by atoms with Crippen LogP contribution in [0.5, 0.6) is 0 Å².